The first-order valence-corrected chi connectivity index (χ1v) is 6.69. The highest BCUT2D eigenvalue weighted by Gasteiger charge is 2.37. The van der Waals surface area contributed by atoms with E-state index in [1.54, 1.807) is 12.4 Å². The van der Waals surface area contributed by atoms with Crippen LogP contribution in [0.5, 0.6) is 0 Å². The van der Waals surface area contributed by atoms with Gasteiger partial charge < -0.3 is 10.3 Å². The lowest BCUT2D eigenvalue weighted by Gasteiger charge is -2.28. The first-order chi connectivity index (χ1) is 9.02. The van der Waals surface area contributed by atoms with Gasteiger partial charge in [-0.15, -0.1) is 0 Å². The average Bonchev–Trinajstić information content (AvgIpc) is 2.89. The zero-order valence-electron chi connectivity index (χ0n) is 11.0. The second-order valence-corrected chi connectivity index (χ2v) is 5.07. The van der Waals surface area contributed by atoms with Crippen molar-refractivity contribution >= 4 is 5.91 Å². The van der Waals surface area contributed by atoms with E-state index in [9.17, 15) is 13.6 Å². The summed E-state index contributed by atoms with van der Waals surface area (Å²) in [5, 5.41) is 2.89. The minimum absolute atomic E-state index is 0.140. The second kappa shape index (κ2) is 5.67. The molecule has 1 atom stereocenters. The monoisotopic (exact) mass is 271 g/mol. The maximum Gasteiger partial charge on any atom is 0.248 e. The van der Waals surface area contributed by atoms with Crippen molar-refractivity contribution in [1.82, 2.24) is 15.3 Å². The molecule has 6 heteroatoms. The number of aromatic amines is 1. The van der Waals surface area contributed by atoms with Crippen LogP contribution in [0.4, 0.5) is 8.78 Å². The number of hydrogen-bond acceptors (Lipinski definition) is 2. The molecular formula is C13H19F2N3O. The molecule has 0 saturated heterocycles. The molecule has 0 bridgehead atoms. The number of H-pyrrole nitrogens is 1. The summed E-state index contributed by atoms with van der Waals surface area (Å²) in [5.74, 6) is -2.33. The highest BCUT2D eigenvalue weighted by molar-refractivity contribution is 5.79. The van der Waals surface area contributed by atoms with Gasteiger partial charge in [0, 0.05) is 31.2 Å². The molecule has 0 radical (unpaired) electrons. The van der Waals surface area contributed by atoms with Gasteiger partial charge in [-0.2, -0.15) is 0 Å². The molecule has 106 valence electrons. The molecule has 1 aliphatic rings. The van der Waals surface area contributed by atoms with E-state index < -0.39 is 5.92 Å². The second-order valence-electron chi connectivity index (χ2n) is 5.07. The first-order valence-electron chi connectivity index (χ1n) is 6.69. The predicted molar refractivity (Wildman–Crippen MR) is 66.7 cm³/mol. The highest BCUT2D eigenvalue weighted by Crippen LogP contribution is 2.36. The van der Waals surface area contributed by atoms with Crippen molar-refractivity contribution in [2.75, 3.05) is 0 Å². The minimum Gasteiger partial charge on any atom is -0.347 e. The van der Waals surface area contributed by atoms with E-state index in [1.807, 2.05) is 6.92 Å². The van der Waals surface area contributed by atoms with Gasteiger partial charge in [0.15, 0.2) is 0 Å². The summed E-state index contributed by atoms with van der Waals surface area (Å²) >= 11 is 0. The Labute approximate surface area is 111 Å². The summed E-state index contributed by atoms with van der Waals surface area (Å²) in [6.45, 7) is 1.95. The number of carbonyl (C=O) groups is 1. The third-order valence-electron chi connectivity index (χ3n) is 3.66. The molecule has 0 spiro atoms. The van der Waals surface area contributed by atoms with Crippen molar-refractivity contribution in [1.29, 1.82) is 0 Å². The number of carbonyl (C=O) groups excluding carboxylic acids is 1. The maximum absolute atomic E-state index is 13.0. The Balaban J connectivity index is 1.90. The van der Waals surface area contributed by atoms with Gasteiger partial charge in [-0.1, -0.05) is 6.92 Å². The van der Waals surface area contributed by atoms with E-state index in [2.05, 4.69) is 15.3 Å². The van der Waals surface area contributed by atoms with Gasteiger partial charge in [-0.3, -0.25) is 4.79 Å². The van der Waals surface area contributed by atoms with Crippen LogP contribution in [0.3, 0.4) is 0 Å². The summed E-state index contributed by atoms with van der Waals surface area (Å²) < 4.78 is 26.1. The molecule has 1 aromatic rings. The van der Waals surface area contributed by atoms with Crippen LogP contribution in [-0.2, 0) is 4.79 Å². The molecule has 1 saturated carbocycles. The van der Waals surface area contributed by atoms with Crippen molar-refractivity contribution in [2.24, 2.45) is 5.92 Å². The number of alkyl halides is 2. The Morgan fingerprint density at radius 2 is 2.26 bits per heavy atom. The van der Waals surface area contributed by atoms with Crippen molar-refractivity contribution in [3.8, 4) is 0 Å². The number of hydrogen-bond donors (Lipinski definition) is 2. The van der Waals surface area contributed by atoms with Crippen molar-refractivity contribution in [2.45, 2.75) is 51.0 Å². The van der Waals surface area contributed by atoms with Gasteiger partial charge in [0.1, 0.15) is 5.82 Å². The van der Waals surface area contributed by atoms with E-state index in [-0.39, 0.29) is 43.6 Å². The third kappa shape index (κ3) is 3.52. The van der Waals surface area contributed by atoms with Crippen LogP contribution < -0.4 is 5.32 Å². The molecule has 0 aliphatic heterocycles. The number of amides is 1. The standard InChI is InChI=1S/C13H19F2N3O/c1-2-10(11-16-7-8-17-11)18-12(19)9-3-5-13(14,15)6-4-9/h7-10H,2-6H2,1H3,(H,16,17)(H,18,19). The lowest BCUT2D eigenvalue weighted by molar-refractivity contribution is -0.130. The van der Waals surface area contributed by atoms with Crippen LogP contribution in [0.1, 0.15) is 50.9 Å². The van der Waals surface area contributed by atoms with E-state index in [0.29, 0.717) is 12.2 Å². The maximum atomic E-state index is 13.0. The summed E-state index contributed by atoms with van der Waals surface area (Å²) in [5.41, 5.74) is 0. The van der Waals surface area contributed by atoms with E-state index in [4.69, 9.17) is 0 Å². The van der Waals surface area contributed by atoms with E-state index in [0.717, 1.165) is 0 Å². The summed E-state index contributed by atoms with van der Waals surface area (Å²) in [6.07, 6.45) is 4.17. The number of nitrogens with one attached hydrogen (secondary N) is 2. The number of aromatic nitrogens is 2. The van der Waals surface area contributed by atoms with Gasteiger partial charge in [-0.25, -0.2) is 13.8 Å². The zero-order valence-corrected chi connectivity index (χ0v) is 11.0. The molecule has 1 heterocycles. The first kappa shape index (κ1) is 14.0. The summed E-state index contributed by atoms with van der Waals surface area (Å²) in [7, 11) is 0. The molecule has 2 N–H and O–H groups in total. The lowest BCUT2D eigenvalue weighted by Crippen LogP contribution is -2.38. The fourth-order valence-corrected chi connectivity index (χ4v) is 2.42. The number of halogens is 2. The molecule has 2 rings (SSSR count). The molecule has 1 amide bonds. The third-order valence-corrected chi connectivity index (χ3v) is 3.66. The number of imidazole rings is 1. The number of rotatable bonds is 4. The molecular weight excluding hydrogens is 252 g/mol. The van der Waals surface area contributed by atoms with Crippen molar-refractivity contribution in [3.05, 3.63) is 18.2 Å². The van der Waals surface area contributed by atoms with Crippen LogP contribution in [-0.4, -0.2) is 21.8 Å². The molecule has 0 aromatic carbocycles. The van der Waals surface area contributed by atoms with Gasteiger partial charge in [0.2, 0.25) is 11.8 Å². The smallest absolute Gasteiger partial charge is 0.248 e. The van der Waals surface area contributed by atoms with E-state index >= 15 is 0 Å². The highest BCUT2D eigenvalue weighted by atomic mass is 19.3. The Morgan fingerprint density at radius 3 is 2.79 bits per heavy atom. The molecule has 1 unspecified atom stereocenters. The molecule has 4 nitrogen and oxygen atoms in total. The summed E-state index contributed by atoms with van der Waals surface area (Å²) in [6, 6.07) is -0.176. The van der Waals surface area contributed by atoms with Crippen LogP contribution in [0.15, 0.2) is 12.4 Å². The van der Waals surface area contributed by atoms with Crippen LogP contribution in [0, 0.1) is 5.92 Å². The Kier molecular flexibility index (Phi) is 4.17. The largest absolute Gasteiger partial charge is 0.347 e. The normalized spacial score (nSPS) is 21.0. The van der Waals surface area contributed by atoms with Crippen LogP contribution in [0.25, 0.3) is 0 Å². The molecule has 19 heavy (non-hydrogen) atoms. The van der Waals surface area contributed by atoms with Gasteiger partial charge in [0.05, 0.1) is 6.04 Å². The Bertz CT molecular complexity index is 410. The average molecular weight is 271 g/mol. The predicted octanol–water partition coefficient (Wildman–Crippen LogP) is 2.80. The summed E-state index contributed by atoms with van der Waals surface area (Å²) in [4.78, 5) is 19.2. The topological polar surface area (TPSA) is 57.8 Å². The molecule has 1 fully saturated rings. The Morgan fingerprint density at radius 1 is 1.58 bits per heavy atom. The van der Waals surface area contributed by atoms with Crippen LogP contribution in [0.2, 0.25) is 0 Å². The fraction of sp³-hybridized carbons (Fsp3) is 0.692. The molecule has 1 aromatic heterocycles. The number of nitrogens with zero attached hydrogens (tertiary/aromatic N) is 1. The zero-order chi connectivity index (χ0) is 13.9. The van der Waals surface area contributed by atoms with E-state index in [1.165, 1.54) is 0 Å². The SMILES string of the molecule is CCC(NC(=O)C1CCC(F)(F)CC1)c1ncc[nH]1. The lowest BCUT2D eigenvalue weighted by atomic mass is 9.86. The minimum atomic E-state index is -2.60. The fourth-order valence-electron chi connectivity index (χ4n) is 2.42. The van der Waals surface area contributed by atoms with Crippen LogP contribution >= 0.6 is 0 Å². The molecule has 1 aliphatic carbocycles. The Hall–Kier alpha value is -1.46. The quantitative estimate of drug-likeness (QED) is 0.884. The van der Waals surface area contributed by atoms with Crippen molar-refractivity contribution < 1.29 is 13.6 Å². The van der Waals surface area contributed by atoms with Crippen molar-refractivity contribution in [3.63, 3.8) is 0 Å². The van der Waals surface area contributed by atoms with Gasteiger partial charge in [-0.05, 0) is 19.3 Å². The van der Waals surface area contributed by atoms with Gasteiger partial charge in [0.25, 0.3) is 0 Å². The van der Waals surface area contributed by atoms with Gasteiger partial charge >= 0.3 is 0 Å².